The Hall–Kier alpha value is -2.69. The van der Waals surface area contributed by atoms with Crippen LogP contribution in [0.3, 0.4) is 0 Å². The van der Waals surface area contributed by atoms with E-state index in [1.165, 1.54) is 19.3 Å². The molecule has 28 heavy (non-hydrogen) atoms. The molecule has 1 atom stereocenters. The SMILES string of the molecule is Cc1cn(C2CCC(=O)NC2=O)c2nccc(C#CCON3CCCCC3)c12. The largest absolute Gasteiger partial charge is 0.320 e. The van der Waals surface area contributed by atoms with E-state index in [2.05, 4.69) is 22.1 Å². The zero-order valence-corrected chi connectivity index (χ0v) is 16.0. The lowest BCUT2D eigenvalue weighted by Crippen LogP contribution is -2.41. The monoisotopic (exact) mass is 380 g/mol. The molecule has 2 aliphatic rings. The maximum atomic E-state index is 12.3. The Kier molecular flexibility index (Phi) is 5.42. The molecule has 0 saturated carbocycles. The Bertz CT molecular complexity index is 963. The van der Waals surface area contributed by atoms with Crippen molar-refractivity contribution < 1.29 is 14.4 Å². The van der Waals surface area contributed by atoms with Crippen LogP contribution in [-0.2, 0) is 14.4 Å². The highest BCUT2D eigenvalue weighted by atomic mass is 16.7. The van der Waals surface area contributed by atoms with Gasteiger partial charge in [0.25, 0.3) is 0 Å². The number of amides is 2. The van der Waals surface area contributed by atoms with Gasteiger partial charge >= 0.3 is 0 Å². The molecule has 4 heterocycles. The molecule has 0 aliphatic carbocycles. The van der Waals surface area contributed by atoms with Crippen molar-refractivity contribution in [1.29, 1.82) is 0 Å². The van der Waals surface area contributed by atoms with Crippen molar-refractivity contribution in [2.24, 2.45) is 0 Å². The van der Waals surface area contributed by atoms with Gasteiger partial charge in [-0.15, -0.1) is 0 Å². The summed E-state index contributed by atoms with van der Waals surface area (Å²) in [6.07, 6.45) is 8.06. The first-order valence-electron chi connectivity index (χ1n) is 9.80. The van der Waals surface area contributed by atoms with Crippen LogP contribution in [0.1, 0.15) is 49.3 Å². The van der Waals surface area contributed by atoms with E-state index < -0.39 is 6.04 Å². The van der Waals surface area contributed by atoms with Gasteiger partial charge in [0.15, 0.2) is 0 Å². The zero-order chi connectivity index (χ0) is 19.5. The number of hydroxylamine groups is 2. The highest BCUT2D eigenvalue weighted by Crippen LogP contribution is 2.28. The average Bonchev–Trinajstić information content (AvgIpc) is 3.03. The van der Waals surface area contributed by atoms with Gasteiger partial charge in [-0.05, 0) is 37.8 Å². The third-order valence-corrected chi connectivity index (χ3v) is 5.31. The Morgan fingerprint density at radius 1 is 1.29 bits per heavy atom. The summed E-state index contributed by atoms with van der Waals surface area (Å²) in [6, 6.07) is 1.46. The quantitative estimate of drug-likeness (QED) is 0.652. The van der Waals surface area contributed by atoms with Gasteiger partial charge in [0, 0.05) is 42.9 Å². The molecule has 146 valence electrons. The Morgan fingerprint density at radius 2 is 2.11 bits per heavy atom. The van der Waals surface area contributed by atoms with E-state index in [1.54, 1.807) is 6.20 Å². The summed E-state index contributed by atoms with van der Waals surface area (Å²) in [7, 11) is 0. The number of hydrogen-bond donors (Lipinski definition) is 1. The van der Waals surface area contributed by atoms with Crippen molar-refractivity contribution in [3.05, 3.63) is 29.6 Å². The second-order valence-corrected chi connectivity index (χ2v) is 7.31. The first-order valence-corrected chi connectivity index (χ1v) is 9.80. The highest BCUT2D eigenvalue weighted by Gasteiger charge is 2.29. The number of fused-ring (bicyclic) bond motifs is 1. The van der Waals surface area contributed by atoms with Crippen LogP contribution in [0, 0.1) is 18.8 Å². The van der Waals surface area contributed by atoms with Crippen LogP contribution in [0.5, 0.6) is 0 Å². The number of carbonyl (C=O) groups is 2. The van der Waals surface area contributed by atoms with E-state index in [0.29, 0.717) is 19.4 Å². The number of aromatic nitrogens is 2. The molecule has 2 aromatic rings. The van der Waals surface area contributed by atoms with E-state index >= 15 is 0 Å². The van der Waals surface area contributed by atoms with Crippen LogP contribution in [-0.4, -0.2) is 46.1 Å². The number of nitrogens with one attached hydrogen (secondary N) is 1. The Morgan fingerprint density at radius 3 is 2.89 bits per heavy atom. The van der Waals surface area contributed by atoms with Gasteiger partial charge in [0.2, 0.25) is 11.8 Å². The molecule has 2 aromatic heterocycles. The van der Waals surface area contributed by atoms with E-state index in [9.17, 15) is 9.59 Å². The summed E-state index contributed by atoms with van der Waals surface area (Å²) in [5, 5.41) is 5.35. The summed E-state index contributed by atoms with van der Waals surface area (Å²) in [6.45, 7) is 4.28. The molecular weight excluding hydrogens is 356 g/mol. The van der Waals surface area contributed by atoms with E-state index in [0.717, 1.165) is 35.2 Å². The number of aryl methyl sites for hydroxylation is 1. The minimum Gasteiger partial charge on any atom is -0.320 e. The summed E-state index contributed by atoms with van der Waals surface area (Å²) in [5.41, 5.74) is 2.60. The number of rotatable bonds is 3. The first kappa shape index (κ1) is 18.7. The molecule has 4 rings (SSSR count). The predicted octanol–water partition coefficient (Wildman–Crippen LogP) is 2.09. The van der Waals surface area contributed by atoms with Gasteiger partial charge in [0.1, 0.15) is 18.3 Å². The van der Waals surface area contributed by atoms with Crippen LogP contribution in [0.15, 0.2) is 18.5 Å². The third kappa shape index (κ3) is 3.79. The molecule has 2 aliphatic heterocycles. The number of imide groups is 1. The summed E-state index contributed by atoms with van der Waals surface area (Å²) >= 11 is 0. The maximum Gasteiger partial charge on any atom is 0.249 e. The minimum atomic E-state index is -0.424. The number of pyridine rings is 1. The van der Waals surface area contributed by atoms with Crippen molar-refractivity contribution in [2.45, 2.75) is 45.1 Å². The van der Waals surface area contributed by atoms with Gasteiger partial charge in [-0.25, -0.2) is 4.98 Å². The van der Waals surface area contributed by atoms with Gasteiger partial charge < -0.3 is 4.57 Å². The van der Waals surface area contributed by atoms with Crippen LogP contribution < -0.4 is 5.32 Å². The lowest BCUT2D eigenvalue weighted by molar-refractivity contribution is -0.155. The van der Waals surface area contributed by atoms with Crippen molar-refractivity contribution in [3.8, 4) is 11.8 Å². The van der Waals surface area contributed by atoms with Crippen molar-refractivity contribution in [3.63, 3.8) is 0 Å². The smallest absolute Gasteiger partial charge is 0.249 e. The number of nitrogens with zero attached hydrogens (tertiary/aromatic N) is 3. The summed E-state index contributed by atoms with van der Waals surface area (Å²) < 4.78 is 1.86. The van der Waals surface area contributed by atoms with Crippen LogP contribution in [0.2, 0.25) is 0 Å². The van der Waals surface area contributed by atoms with Crippen LogP contribution in [0.25, 0.3) is 11.0 Å². The molecule has 0 aromatic carbocycles. The molecule has 1 unspecified atom stereocenters. The second-order valence-electron chi connectivity index (χ2n) is 7.31. The van der Waals surface area contributed by atoms with Gasteiger partial charge in [-0.3, -0.25) is 19.7 Å². The minimum absolute atomic E-state index is 0.220. The zero-order valence-electron chi connectivity index (χ0n) is 16.0. The van der Waals surface area contributed by atoms with Crippen molar-refractivity contribution >= 4 is 22.8 Å². The Labute approximate surface area is 164 Å². The second kappa shape index (κ2) is 8.13. The Balaban J connectivity index is 1.56. The standard InChI is InChI=1S/C21H24N4O3/c1-15-14-25(17-7-8-18(26)23-21(17)27)20-19(15)16(9-10-22-20)6-5-13-28-24-11-3-2-4-12-24/h9-10,14,17H,2-4,7-8,11-13H2,1H3,(H,23,26,27). The number of hydrogen-bond acceptors (Lipinski definition) is 5. The summed E-state index contributed by atoms with van der Waals surface area (Å²) in [4.78, 5) is 33.9. The number of carbonyl (C=O) groups excluding carboxylic acids is 2. The predicted molar refractivity (Wildman–Crippen MR) is 104 cm³/mol. The molecular formula is C21H24N4O3. The van der Waals surface area contributed by atoms with Crippen molar-refractivity contribution in [1.82, 2.24) is 19.9 Å². The van der Waals surface area contributed by atoms with Crippen LogP contribution in [0.4, 0.5) is 0 Å². The van der Waals surface area contributed by atoms with Gasteiger partial charge in [-0.2, -0.15) is 5.06 Å². The topological polar surface area (TPSA) is 76.5 Å². The van der Waals surface area contributed by atoms with E-state index in [1.807, 2.05) is 28.8 Å². The molecule has 0 radical (unpaired) electrons. The van der Waals surface area contributed by atoms with E-state index in [4.69, 9.17) is 4.84 Å². The molecule has 2 fully saturated rings. The fraction of sp³-hybridized carbons (Fsp3) is 0.476. The average molecular weight is 380 g/mol. The normalized spacial score (nSPS) is 20.7. The van der Waals surface area contributed by atoms with E-state index in [-0.39, 0.29) is 11.8 Å². The lowest BCUT2D eigenvalue weighted by Gasteiger charge is -2.24. The van der Waals surface area contributed by atoms with Crippen LogP contribution >= 0.6 is 0 Å². The first-order chi connectivity index (χ1) is 13.6. The lowest BCUT2D eigenvalue weighted by atomic mass is 10.1. The highest BCUT2D eigenvalue weighted by molar-refractivity contribution is 6.00. The maximum absolute atomic E-state index is 12.3. The van der Waals surface area contributed by atoms with Gasteiger partial charge in [0.05, 0.1) is 0 Å². The fourth-order valence-electron chi connectivity index (χ4n) is 3.91. The number of piperidine rings is 2. The molecule has 0 spiro atoms. The molecule has 7 heteroatoms. The molecule has 2 saturated heterocycles. The molecule has 7 nitrogen and oxygen atoms in total. The van der Waals surface area contributed by atoms with Crippen molar-refractivity contribution in [2.75, 3.05) is 19.7 Å². The molecule has 0 bridgehead atoms. The van der Waals surface area contributed by atoms with Gasteiger partial charge in [-0.1, -0.05) is 18.3 Å². The molecule has 1 N–H and O–H groups in total. The fourth-order valence-corrected chi connectivity index (χ4v) is 3.91. The molecule has 2 amide bonds. The third-order valence-electron chi connectivity index (χ3n) is 5.31. The summed E-state index contributed by atoms with van der Waals surface area (Å²) in [5.74, 6) is 5.79.